The van der Waals surface area contributed by atoms with Crippen molar-refractivity contribution in [3.8, 4) is 17.2 Å². The molecule has 2 aromatic rings. The maximum Gasteiger partial charge on any atom is 0.202 e. The minimum atomic E-state index is -2.21. The van der Waals surface area contributed by atoms with E-state index in [1.165, 1.54) is 25.3 Å². The molecule has 6 atom stereocenters. The second-order valence-electron chi connectivity index (χ2n) is 9.93. The molecule has 4 aliphatic rings. The first-order chi connectivity index (χ1) is 18.1. The number of nitrogens with two attached hydrogens (primary N) is 1. The SMILES string of the molecule is COc1cccc2c1C(=O)c1c(O)c3c(c(O)c1C2=O)CC(O)(C(=O)CO)C[C@@H]3OC1CC(N)C2OC2O1. The number of benzene rings is 2. The highest BCUT2D eigenvalue weighted by atomic mass is 16.8. The lowest BCUT2D eigenvalue weighted by Gasteiger charge is -2.40. The zero-order valence-corrected chi connectivity index (χ0v) is 20.2. The number of fused-ring (bicyclic) bond motifs is 4. The van der Waals surface area contributed by atoms with E-state index >= 15 is 0 Å². The van der Waals surface area contributed by atoms with Gasteiger partial charge in [0.25, 0.3) is 0 Å². The van der Waals surface area contributed by atoms with Crippen molar-refractivity contribution in [2.24, 2.45) is 5.73 Å². The van der Waals surface area contributed by atoms with Crippen molar-refractivity contribution >= 4 is 17.3 Å². The Kier molecular flexibility index (Phi) is 5.61. The van der Waals surface area contributed by atoms with E-state index in [2.05, 4.69) is 0 Å². The van der Waals surface area contributed by atoms with Crippen LogP contribution >= 0.6 is 0 Å². The third-order valence-corrected chi connectivity index (χ3v) is 7.71. The summed E-state index contributed by atoms with van der Waals surface area (Å²) in [4.78, 5) is 39.7. The van der Waals surface area contributed by atoms with Crippen molar-refractivity contribution in [3.05, 3.63) is 51.6 Å². The van der Waals surface area contributed by atoms with E-state index in [4.69, 9.17) is 24.7 Å². The molecule has 2 aromatic carbocycles. The Morgan fingerprint density at radius 1 is 1.13 bits per heavy atom. The first-order valence-corrected chi connectivity index (χ1v) is 12.0. The van der Waals surface area contributed by atoms with Crippen LogP contribution in [0.4, 0.5) is 0 Å². The van der Waals surface area contributed by atoms with Gasteiger partial charge in [-0.25, -0.2) is 0 Å². The van der Waals surface area contributed by atoms with Crippen LogP contribution in [-0.2, 0) is 25.4 Å². The maximum atomic E-state index is 13.6. The van der Waals surface area contributed by atoms with E-state index in [1.807, 2.05) is 0 Å². The van der Waals surface area contributed by atoms with Gasteiger partial charge in [-0.2, -0.15) is 0 Å². The number of carbonyl (C=O) groups is 3. The molecule has 0 amide bonds. The average Bonchev–Trinajstić information content (AvgIpc) is 3.68. The minimum Gasteiger partial charge on any atom is -0.507 e. The second kappa shape index (κ2) is 8.56. The molecule has 2 heterocycles. The smallest absolute Gasteiger partial charge is 0.202 e. The summed E-state index contributed by atoms with van der Waals surface area (Å²) in [5.41, 5.74) is 2.63. The van der Waals surface area contributed by atoms with Gasteiger partial charge in [-0.05, 0) is 6.07 Å². The third kappa shape index (κ3) is 3.49. The summed E-state index contributed by atoms with van der Waals surface area (Å²) in [7, 11) is 1.33. The molecule has 6 rings (SSSR count). The highest BCUT2D eigenvalue weighted by Crippen LogP contribution is 2.52. The molecule has 200 valence electrons. The first kappa shape index (κ1) is 24.9. The monoisotopic (exact) mass is 527 g/mol. The van der Waals surface area contributed by atoms with Gasteiger partial charge in [0.15, 0.2) is 24.1 Å². The largest absolute Gasteiger partial charge is 0.507 e. The molecule has 2 aliphatic carbocycles. The van der Waals surface area contributed by atoms with Crippen LogP contribution in [-0.4, -0.2) is 81.8 Å². The summed E-state index contributed by atoms with van der Waals surface area (Å²) >= 11 is 0. The number of aliphatic hydroxyl groups is 2. The summed E-state index contributed by atoms with van der Waals surface area (Å²) in [6.07, 6.45) is -3.89. The number of epoxide rings is 1. The normalized spacial score (nSPS) is 31.1. The van der Waals surface area contributed by atoms with Crippen LogP contribution in [0, 0.1) is 0 Å². The zero-order chi connectivity index (χ0) is 27.1. The van der Waals surface area contributed by atoms with Gasteiger partial charge in [0.2, 0.25) is 5.78 Å². The van der Waals surface area contributed by atoms with Crippen LogP contribution < -0.4 is 10.5 Å². The minimum absolute atomic E-state index is 0.0367. The first-order valence-electron chi connectivity index (χ1n) is 12.0. The van der Waals surface area contributed by atoms with E-state index in [9.17, 15) is 34.8 Å². The van der Waals surface area contributed by atoms with Crippen molar-refractivity contribution in [2.45, 2.75) is 55.7 Å². The molecule has 0 aromatic heterocycles. The van der Waals surface area contributed by atoms with Gasteiger partial charge in [0.1, 0.15) is 35.6 Å². The van der Waals surface area contributed by atoms with Crippen LogP contribution in [0.25, 0.3) is 0 Å². The molecule has 12 nitrogen and oxygen atoms in total. The summed E-state index contributed by atoms with van der Waals surface area (Å²) < 4.78 is 22.3. The molecular weight excluding hydrogens is 502 g/mol. The van der Waals surface area contributed by atoms with E-state index < -0.39 is 89.8 Å². The topological polar surface area (TPSA) is 198 Å². The number of phenols is 2. The summed E-state index contributed by atoms with van der Waals surface area (Å²) in [6, 6.07) is 3.99. The number of Topliss-reactive ketones (excluding diaryl/α,β-unsaturated/α-hetero) is 1. The number of phenolic OH excluding ortho intramolecular Hbond substituents is 2. The number of hydrogen-bond acceptors (Lipinski definition) is 12. The fourth-order valence-electron chi connectivity index (χ4n) is 5.75. The second-order valence-corrected chi connectivity index (χ2v) is 9.93. The van der Waals surface area contributed by atoms with Crippen LogP contribution in [0.3, 0.4) is 0 Å². The lowest BCUT2D eigenvalue weighted by molar-refractivity contribution is -0.215. The number of aliphatic hydroxyl groups excluding tert-OH is 1. The average molecular weight is 527 g/mol. The summed E-state index contributed by atoms with van der Waals surface area (Å²) in [6.45, 7) is -0.997. The Bertz CT molecular complexity index is 1400. The molecule has 2 saturated heterocycles. The molecule has 0 bridgehead atoms. The van der Waals surface area contributed by atoms with Crippen LogP contribution in [0.15, 0.2) is 18.2 Å². The predicted molar refractivity (Wildman–Crippen MR) is 125 cm³/mol. The molecule has 6 N–H and O–H groups in total. The Hall–Kier alpha value is -3.39. The number of ether oxygens (including phenoxy) is 4. The van der Waals surface area contributed by atoms with E-state index in [1.54, 1.807) is 0 Å². The van der Waals surface area contributed by atoms with Gasteiger partial charge in [-0.15, -0.1) is 0 Å². The number of ketones is 3. The molecule has 5 unspecified atom stereocenters. The van der Waals surface area contributed by atoms with Gasteiger partial charge in [0, 0.05) is 42.0 Å². The number of hydrogen-bond donors (Lipinski definition) is 5. The fourth-order valence-corrected chi connectivity index (χ4v) is 5.75. The van der Waals surface area contributed by atoms with Gasteiger partial charge in [0.05, 0.1) is 29.9 Å². The van der Waals surface area contributed by atoms with Gasteiger partial charge in [-0.1, -0.05) is 12.1 Å². The van der Waals surface area contributed by atoms with E-state index in [0.717, 1.165) is 0 Å². The van der Waals surface area contributed by atoms with Crippen molar-refractivity contribution in [1.82, 2.24) is 0 Å². The van der Waals surface area contributed by atoms with Crippen LogP contribution in [0.2, 0.25) is 0 Å². The molecule has 0 radical (unpaired) electrons. The highest BCUT2D eigenvalue weighted by molar-refractivity contribution is 6.31. The number of aromatic hydroxyl groups is 2. The fraction of sp³-hybridized carbons (Fsp3) is 0.423. The molecule has 2 aliphatic heterocycles. The van der Waals surface area contributed by atoms with Crippen molar-refractivity contribution in [3.63, 3.8) is 0 Å². The summed E-state index contributed by atoms with van der Waals surface area (Å²) in [5.74, 6) is -3.64. The van der Waals surface area contributed by atoms with Crippen LogP contribution in [0.5, 0.6) is 17.2 Å². The van der Waals surface area contributed by atoms with E-state index in [-0.39, 0.29) is 40.5 Å². The number of rotatable bonds is 5. The third-order valence-electron chi connectivity index (χ3n) is 7.71. The predicted octanol–water partition coefficient (Wildman–Crippen LogP) is -0.0232. The standard InChI is InChI=1S/C26H25NO11/c1-35-12-4-2-3-9-16(12)22(32)19-18(20(9)30)21(31)10-6-26(34,14(29)8-28)7-13(17(10)23(19)33)36-15-5-11(27)24-25(37-15)38-24/h2-4,11,13,15,24-25,28,31,33-34H,5-8,27H2,1H3/t11?,13-,15?,24?,25?,26?/m0/s1. The number of carbonyl (C=O) groups excluding carboxylic acids is 3. The Balaban J connectivity index is 1.52. The maximum absolute atomic E-state index is 13.6. The molecule has 0 saturated carbocycles. The molecular formula is C26H25NO11. The zero-order valence-electron chi connectivity index (χ0n) is 20.2. The van der Waals surface area contributed by atoms with Crippen molar-refractivity contribution < 1.29 is 53.8 Å². The molecule has 0 spiro atoms. The molecule has 38 heavy (non-hydrogen) atoms. The lowest BCUT2D eigenvalue weighted by atomic mass is 9.72. The molecule has 12 heteroatoms. The Morgan fingerprint density at radius 2 is 1.87 bits per heavy atom. The Morgan fingerprint density at radius 3 is 2.55 bits per heavy atom. The van der Waals surface area contributed by atoms with Crippen molar-refractivity contribution in [2.75, 3.05) is 13.7 Å². The van der Waals surface area contributed by atoms with Gasteiger partial charge >= 0.3 is 0 Å². The van der Waals surface area contributed by atoms with E-state index in [0.29, 0.717) is 0 Å². The number of methoxy groups -OCH3 is 1. The van der Waals surface area contributed by atoms with Gasteiger partial charge in [-0.3, -0.25) is 14.4 Å². The summed E-state index contributed by atoms with van der Waals surface area (Å²) in [5, 5.41) is 43.5. The highest BCUT2D eigenvalue weighted by Gasteiger charge is 2.53. The van der Waals surface area contributed by atoms with Gasteiger partial charge < -0.3 is 45.1 Å². The quantitative estimate of drug-likeness (QED) is 0.220. The molecule has 2 fully saturated rings. The van der Waals surface area contributed by atoms with Crippen molar-refractivity contribution in [1.29, 1.82) is 0 Å². The Labute approximate surface area is 215 Å². The van der Waals surface area contributed by atoms with Crippen LogP contribution in [0.1, 0.15) is 61.9 Å². The lowest BCUT2D eigenvalue weighted by Crippen LogP contribution is -2.48.